The number of nitrogens with zero attached hydrogens (tertiary/aromatic N) is 2. The van der Waals surface area contributed by atoms with Gasteiger partial charge in [0.25, 0.3) is 5.91 Å². The number of aliphatic hydroxyl groups is 1. The van der Waals surface area contributed by atoms with E-state index in [1.807, 2.05) is 5.32 Å². The number of rotatable bonds is 6. The molecule has 0 saturated heterocycles. The van der Waals surface area contributed by atoms with Crippen molar-refractivity contribution in [2.45, 2.75) is 31.2 Å². The number of alkyl halides is 3. The van der Waals surface area contributed by atoms with E-state index in [4.69, 9.17) is 5.73 Å². The molecule has 0 fully saturated rings. The van der Waals surface area contributed by atoms with E-state index in [1.165, 1.54) is 18.2 Å². The summed E-state index contributed by atoms with van der Waals surface area (Å²) in [7, 11) is 0. The van der Waals surface area contributed by atoms with Crippen molar-refractivity contribution >= 4 is 5.91 Å². The van der Waals surface area contributed by atoms with Crippen LogP contribution in [0.15, 0.2) is 53.5 Å². The average Bonchev–Trinajstić information content (AvgIpc) is 3.25. The van der Waals surface area contributed by atoms with Crippen molar-refractivity contribution in [3.8, 4) is 11.3 Å². The Balaban J connectivity index is 2.09. The Morgan fingerprint density at radius 1 is 1.19 bits per heavy atom. The Bertz CT molecular complexity index is 1090. The molecule has 7 nitrogen and oxygen atoms in total. The molecule has 3 rings (SSSR count). The fourth-order valence-corrected chi connectivity index (χ4v) is 2.84. The lowest BCUT2D eigenvalue weighted by Gasteiger charge is -2.32. The molecule has 1 unspecified atom stereocenters. The molecule has 1 aromatic carbocycles. The first-order valence-electron chi connectivity index (χ1n) is 9.34. The molecule has 170 valence electrons. The maximum atomic E-state index is 14.0. The van der Waals surface area contributed by atoms with Crippen molar-refractivity contribution in [1.82, 2.24) is 15.3 Å². The van der Waals surface area contributed by atoms with E-state index in [1.54, 1.807) is 13.8 Å². The number of benzene rings is 1. The first kappa shape index (κ1) is 23.4. The highest BCUT2D eigenvalue weighted by Gasteiger charge is 2.56. The molecule has 0 bridgehead atoms. The Labute approximate surface area is 180 Å². The Kier molecular flexibility index (Phi) is 6.07. The summed E-state index contributed by atoms with van der Waals surface area (Å²) < 4.78 is 60.1. The molecule has 0 aliphatic carbocycles. The lowest BCUT2D eigenvalue weighted by molar-refractivity contribution is -0.265. The van der Waals surface area contributed by atoms with Crippen LogP contribution in [-0.2, 0) is 11.1 Å². The number of hydrogen-bond donors (Lipinski definition) is 3. The van der Waals surface area contributed by atoms with E-state index >= 15 is 0 Å². The normalized spacial score (nSPS) is 14.1. The van der Waals surface area contributed by atoms with Gasteiger partial charge in [-0.05, 0) is 55.8 Å². The van der Waals surface area contributed by atoms with Gasteiger partial charge in [0.1, 0.15) is 12.1 Å². The molecule has 0 aliphatic heterocycles. The predicted octanol–water partition coefficient (Wildman–Crippen LogP) is 3.25. The van der Waals surface area contributed by atoms with Gasteiger partial charge in [-0.15, -0.1) is 0 Å². The molecule has 11 heteroatoms. The van der Waals surface area contributed by atoms with Crippen LogP contribution < -0.4 is 11.1 Å². The Morgan fingerprint density at radius 3 is 2.38 bits per heavy atom. The highest BCUT2D eigenvalue weighted by Crippen LogP contribution is 2.39. The fourth-order valence-electron chi connectivity index (χ4n) is 2.84. The van der Waals surface area contributed by atoms with Crippen LogP contribution in [0.1, 0.15) is 35.6 Å². The summed E-state index contributed by atoms with van der Waals surface area (Å²) in [6.07, 6.45) is -3.33. The number of halogens is 4. The summed E-state index contributed by atoms with van der Waals surface area (Å²) in [5.41, 5.74) is 1.01. The van der Waals surface area contributed by atoms with Crippen LogP contribution in [0.2, 0.25) is 0 Å². The van der Waals surface area contributed by atoms with E-state index in [2.05, 4.69) is 14.4 Å². The first-order chi connectivity index (χ1) is 14.8. The predicted molar refractivity (Wildman–Crippen MR) is 106 cm³/mol. The van der Waals surface area contributed by atoms with Crippen molar-refractivity contribution in [3.05, 3.63) is 71.8 Å². The van der Waals surface area contributed by atoms with Crippen molar-refractivity contribution in [3.63, 3.8) is 0 Å². The fraction of sp³-hybridized carbons (Fsp3) is 0.286. The van der Waals surface area contributed by atoms with Gasteiger partial charge in [0.15, 0.2) is 12.1 Å². The molecule has 4 N–H and O–H groups in total. The molecule has 0 saturated carbocycles. The van der Waals surface area contributed by atoms with Gasteiger partial charge in [0.05, 0.1) is 17.9 Å². The zero-order valence-corrected chi connectivity index (χ0v) is 17.1. The Hall–Kier alpha value is -3.31. The number of hydrogen-bond acceptors (Lipinski definition) is 6. The molecular weight excluding hydrogens is 432 g/mol. The zero-order valence-electron chi connectivity index (χ0n) is 17.1. The lowest BCUT2D eigenvalue weighted by Crippen LogP contribution is -2.51. The highest BCUT2D eigenvalue weighted by atomic mass is 19.4. The zero-order chi connectivity index (χ0) is 23.7. The molecule has 2 aromatic heterocycles. The molecule has 0 spiro atoms. The summed E-state index contributed by atoms with van der Waals surface area (Å²) in [5.74, 6) is -1.51. The van der Waals surface area contributed by atoms with E-state index < -0.39 is 41.3 Å². The second-order valence-electron chi connectivity index (χ2n) is 7.77. The van der Waals surface area contributed by atoms with Crippen molar-refractivity contribution in [2.24, 2.45) is 5.73 Å². The van der Waals surface area contributed by atoms with Gasteiger partial charge in [-0.25, -0.2) is 14.4 Å². The molecule has 1 amide bonds. The highest BCUT2D eigenvalue weighted by molar-refractivity contribution is 5.91. The topological polar surface area (TPSA) is 114 Å². The minimum Gasteiger partial charge on any atom is -0.451 e. The molecule has 1 atom stereocenters. The summed E-state index contributed by atoms with van der Waals surface area (Å²) in [5, 5.41) is 12.7. The molecule has 32 heavy (non-hydrogen) atoms. The van der Waals surface area contributed by atoms with Gasteiger partial charge >= 0.3 is 6.18 Å². The maximum absolute atomic E-state index is 14.0. The second kappa shape index (κ2) is 8.32. The monoisotopic (exact) mass is 452 g/mol. The molecule has 3 aromatic rings. The van der Waals surface area contributed by atoms with Crippen molar-refractivity contribution in [2.75, 3.05) is 6.54 Å². The van der Waals surface area contributed by atoms with Crippen LogP contribution >= 0.6 is 0 Å². The molecular formula is C21H20F4N4O3. The lowest BCUT2D eigenvalue weighted by atomic mass is 9.89. The Morgan fingerprint density at radius 2 is 1.84 bits per heavy atom. The summed E-state index contributed by atoms with van der Waals surface area (Å²) >= 11 is 0. The number of pyridine rings is 1. The van der Waals surface area contributed by atoms with Crippen molar-refractivity contribution < 1.29 is 31.9 Å². The van der Waals surface area contributed by atoms with Gasteiger partial charge in [-0.1, -0.05) is 0 Å². The number of carbonyl (C=O) groups is 1. The minimum absolute atomic E-state index is 0.0431. The quantitative estimate of drug-likeness (QED) is 0.495. The third-order valence-electron chi connectivity index (χ3n) is 4.77. The summed E-state index contributed by atoms with van der Waals surface area (Å²) in [4.78, 5) is 19.6. The summed E-state index contributed by atoms with van der Waals surface area (Å²) in [6.45, 7) is 1.89. The van der Waals surface area contributed by atoms with Crippen LogP contribution in [0.4, 0.5) is 17.6 Å². The number of aromatic nitrogens is 2. The van der Waals surface area contributed by atoms with Crippen LogP contribution in [0.25, 0.3) is 11.3 Å². The third-order valence-corrected chi connectivity index (χ3v) is 4.77. The van der Waals surface area contributed by atoms with E-state index in [-0.39, 0.29) is 17.0 Å². The number of oxazole rings is 1. The van der Waals surface area contributed by atoms with Gasteiger partial charge in [-0.3, -0.25) is 4.79 Å². The first-order valence-corrected chi connectivity index (χ1v) is 9.34. The minimum atomic E-state index is -5.21. The number of nitrogens with two attached hydrogens (primary N) is 1. The third kappa shape index (κ3) is 4.78. The molecule has 0 aliphatic rings. The largest absolute Gasteiger partial charge is 0.451 e. The standard InChI is InChI=1S/C21H20F4N4O3/c1-19(2,26)13-7-15(12-3-5-14(22)6-4-12)29-17(8-13)20(31,21(23,24)25)10-27-18(30)16-9-32-11-28-16/h3-9,11,31H,10,26H2,1-2H3,(H,27,30). The van der Waals surface area contributed by atoms with E-state index in [9.17, 15) is 27.5 Å². The van der Waals surface area contributed by atoms with Gasteiger partial charge in [-0.2, -0.15) is 13.2 Å². The average molecular weight is 452 g/mol. The van der Waals surface area contributed by atoms with Crippen LogP contribution in [0, 0.1) is 5.82 Å². The van der Waals surface area contributed by atoms with Crippen molar-refractivity contribution in [1.29, 1.82) is 0 Å². The van der Waals surface area contributed by atoms with Gasteiger partial charge in [0, 0.05) is 11.1 Å². The van der Waals surface area contributed by atoms with Crippen LogP contribution in [-0.4, -0.2) is 33.7 Å². The van der Waals surface area contributed by atoms with E-state index in [0.29, 0.717) is 5.56 Å². The molecule has 0 radical (unpaired) electrons. The maximum Gasteiger partial charge on any atom is 0.424 e. The number of nitrogens with one attached hydrogen (secondary N) is 1. The van der Waals surface area contributed by atoms with Gasteiger partial charge < -0.3 is 20.6 Å². The second-order valence-corrected chi connectivity index (χ2v) is 7.77. The number of carbonyl (C=O) groups excluding carboxylic acids is 1. The number of amides is 1. The molecule has 2 heterocycles. The van der Waals surface area contributed by atoms with Crippen LogP contribution in [0.5, 0.6) is 0 Å². The summed E-state index contributed by atoms with van der Waals surface area (Å²) in [6, 6.07) is 7.43. The smallest absolute Gasteiger partial charge is 0.424 e. The van der Waals surface area contributed by atoms with Gasteiger partial charge in [0.2, 0.25) is 5.60 Å². The van der Waals surface area contributed by atoms with Crippen LogP contribution in [0.3, 0.4) is 0 Å². The SMILES string of the molecule is CC(C)(N)c1cc(-c2ccc(F)cc2)nc(C(O)(CNC(=O)c2cocn2)C(F)(F)F)c1. The van der Waals surface area contributed by atoms with E-state index in [0.717, 1.165) is 30.9 Å².